The fourth-order valence-corrected chi connectivity index (χ4v) is 3.93. The molecule has 156 valence electrons. The van der Waals surface area contributed by atoms with Crippen LogP contribution in [0.25, 0.3) is 11.0 Å². The molecule has 0 bridgehead atoms. The Kier molecular flexibility index (Phi) is 5.54. The van der Waals surface area contributed by atoms with Crippen molar-refractivity contribution in [1.29, 1.82) is 0 Å². The van der Waals surface area contributed by atoms with Crippen LogP contribution in [0.2, 0.25) is 5.02 Å². The number of ether oxygens (including phenoxy) is 1. The number of likely N-dealkylation sites (tertiary alicyclic amines) is 1. The number of carbonyl (C=O) groups excluding carboxylic acids is 1. The number of nitrogens with zero attached hydrogens (tertiary/aromatic N) is 1. The van der Waals surface area contributed by atoms with Gasteiger partial charge in [-0.05, 0) is 55.2 Å². The maximum absolute atomic E-state index is 12.6. The highest BCUT2D eigenvalue weighted by atomic mass is 35.5. The molecule has 30 heavy (non-hydrogen) atoms. The Bertz CT molecular complexity index is 1130. The Hall–Kier alpha value is -2.83. The van der Waals surface area contributed by atoms with Gasteiger partial charge in [0.05, 0.1) is 5.60 Å². The van der Waals surface area contributed by atoms with Crippen LogP contribution in [0.3, 0.4) is 0 Å². The number of aliphatic hydroxyl groups is 1. The van der Waals surface area contributed by atoms with Crippen molar-refractivity contribution < 1.29 is 19.1 Å². The first kappa shape index (κ1) is 20.4. The normalized spacial score (nSPS) is 15.9. The second kappa shape index (κ2) is 8.13. The van der Waals surface area contributed by atoms with E-state index < -0.39 is 11.2 Å². The van der Waals surface area contributed by atoms with Crippen LogP contribution in [0.4, 0.5) is 0 Å². The van der Waals surface area contributed by atoms with Crippen molar-refractivity contribution in [2.45, 2.75) is 25.4 Å². The van der Waals surface area contributed by atoms with Gasteiger partial charge in [-0.25, -0.2) is 4.79 Å². The maximum Gasteiger partial charge on any atom is 0.336 e. The van der Waals surface area contributed by atoms with Gasteiger partial charge in [-0.2, -0.15) is 0 Å². The summed E-state index contributed by atoms with van der Waals surface area (Å²) in [5.74, 6) is 0.304. The van der Waals surface area contributed by atoms with Crippen LogP contribution < -0.4 is 10.4 Å². The highest BCUT2D eigenvalue weighted by Crippen LogP contribution is 2.33. The number of halogens is 1. The van der Waals surface area contributed by atoms with Gasteiger partial charge in [-0.1, -0.05) is 23.7 Å². The number of carbonyl (C=O) groups is 1. The molecule has 7 heteroatoms. The first-order valence-electron chi connectivity index (χ1n) is 9.78. The van der Waals surface area contributed by atoms with Gasteiger partial charge in [0.2, 0.25) is 0 Å². The van der Waals surface area contributed by atoms with Crippen LogP contribution in [-0.4, -0.2) is 35.6 Å². The van der Waals surface area contributed by atoms with Gasteiger partial charge in [0.1, 0.15) is 11.3 Å². The average Bonchev–Trinajstić information content (AvgIpc) is 2.72. The van der Waals surface area contributed by atoms with Crippen molar-refractivity contribution >= 4 is 28.5 Å². The van der Waals surface area contributed by atoms with Crippen LogP contribution in [0, 0.1) is 6.92 Å². The number of fused-ring (bicyclic) bond motifs is 1. The molecule has 1 aliphatic rings. The van der Waals surface area contributed by atoms with Gasteiger partial charge in [-0.3, -0.25) is 4.79 Å². The zero-order chi connectivity index (χ0) is 21.3. The molecule has 0 unspecified atom stereocenters. The average molecular weight is 428 g/mol. The smallest absolute Gasteiger partial charge is 0.336 e. The molecule has 0 aliphatic carbocycles. The molecule has 0 atom stereocenters. The summed E-state index contributed by atoms with van der Waals surface area (Å²) in [4.78, 5) is 25.8. The summed E-state index contributed by atoms with van der Waals surface area (Å²) >= 11 is 5.92. The lowest BCUT2D eigenvalue weighted by molar-refractivity contribution is -0.137. The molecular weight excluding hydrogens is 406 g/mol. The summed E-state index contributed by atoms with van der Waals surface area (Å²) in [6.07, 6.45) is 0.890. The van der Waals surface area contributed by atoms with Crippen LogP contribution >= 0.6 is 11.6 Å². The highest BCUT2D eigenvalue weighted by Gasteiger charge is 2.35. The molecule has 3 aromatic rings. The lowest BCUT2D eigenvalue weighted by Crippen LogP contribution is -2.46. The molecule has 0 spiro atoms. The van der Waals surface area contributed by atoms with Crippen molar-refractivity contribution in [2.24, 2.45) is 0 Å². The quantitative estimate of drug-likeness (QED) is 0.643. The number of hydrogen-bond donors (Lipinski definition) is 1. The molecule has 2 aromatic carbocycles. The molecule has 0 saturated carbocycles. The van der Waals surface area contributed by atoms with Crippen molar-refractivity contribution in [3.63, 3.8) is 0 Å². The molecule has 2 heterocycles. The zero-order valence-electron chi connectivity index (χ0n) is 16.6. The summed E-state index contributed by atoms with van der Waals surface area (Å²) in [5.41, 5.74) is 0.676. The van der Waals surface area contributed by atoms with Gasteiger partial charge in [0.15, 0.2) is 6.61 Å². The Morgan fingerprint density at radius 1 is 1.17 bits per heavy atom. The van der Waals surface area contributed by atoms with E-state index in [-0.39, 0.29) is 12.5 Å². The largest absolute Gasteiger partial charge is 0.484 e. The summed E-state index contributed by atoms with van der Waals surface area (Å²) in [7, 11) is 0. The molecule has 1 fully saturated rings. The number of piperidine rings is 1. The van der Waals surface area contributed by atoms with Gasteiger partial charge in [-0.15, -0.1) is 0 Å². The minimum Gasteiger partial charge on any atom is -0.484 e. The molecular formula is C23H22ClNO5. The number of hydrogen-bond acceptors (Lipinski definition) is 5. The lowest BCUT2D eigenvalue weighted by Gasteiger charge is -2.38. The monoisotopic (exact) mass is 427 g/mol. The Morgan fingerprint density at radius 2 is 1.87 bits per heavy atom. The van der Waals surface area contributed by atoms with Crippen LogP contribution in [0.15, 0.2) is 57.7 Å². The summed E-state index contributed by atoms with van der Waals surface area (Å²) < 4.78 is 10.8. The first-order valence-corrected chi connectivity index (χ1v) is 10.2. The second-order valence-electron chi connectivity index (χ2n) is 7.61. The van der Waals surface area contributed by atoms with Crippen molar-refractivity contribution in [1.82, 2.24) is 4.90 Å². The predicted octanol–water partition coefficient (Wildman–Crippen LogP) is 3.64. The van der Waals surface area contributed by atoms with E-state index in [1.54, 1.807) is 35.2 Å². The minimum atomic E-state index is -0.962. The van der Waals surface area contributed by atoms with Gasteiger partial charge < -0.3 is 19.2 Å². The Morgan fingerprint density at radius 3 is 2.57 bits per heavy atom. The van der Waals surface area contributed by atoms with Crippen LogP contribution in [-0.2, 0) is 10.4 Å². The van der Waals surface area contributed by atoms with E-state index in [1.807, 2.05) is 19.1 Å². The number of rotatable bonds is 4. The highest BCUT2D eigenvalue weighted by molar-refractivity contribution is 6.30. The van der Waals surface area contributed by atoms with E-state index in [2.05, 4.69) is 0 Å². The maximum atomic E-state index is 12.6. The summed E-state index contributed by atoms with van der Waals surface area (Å²) in [6.45, 7) is 2.59. The number of benzene rings is 2. The molecule has 1 saturated heterocycles. The van der Waals surface area contributed by atoms with Gasteiger partial charge in [0.25, 0.3) is 5.91 Å². The third-order valence-electron chi connectivity index (χ3n) is 5.61. The molecule has 4 rings (SSSR count). The topological polar surface area (TPSA) is 80.0 Å². The van der Waals surface area contributed by atoms with E-state index in [0.717, 1.165) is 16.5 Å². The third-order valence-corrected chi connectivity index (χ3v) is 5.86. The van der Waals surface area contributed by atoms with E-state index in [1.165, 1.54) is 6.07 Å². The predicted molar refractivity (Wildman–Crippen MR) is 114 cm³/mol. The SMILES string of the molecule is Cc1cc(=O)oc2cc(OCC(=O)N3CCC(O)(c4ccc(Cl)cc4)CC3)ccc12. The number of amides is 1. The fourth-order valence-electron chi connectivity index (χ4n) is 3.81. The van der Waals surface area contributed by atoms with E-state index in [4.69, 9.17) is 20.8 Å². The van der Waals surface area contributed by atoms with Crippen molar-refractivity contribution in [2.75, 3.05) is 19.7 Å². The zero-order valence-corrected chi connectivity index (χ0v) is 17.3. The minimum absolute atomic E-state index is 0.124. The molecule has 1 N–H and O–H groups in total. The Labute approximate surface area is 178 Å². The van der Waals surface area contributed by atoms with Crippen LogP contribution in [0.5, 0.6) is 5.75 Å². The lowest BCUT2D eigenvalue weighted by atomic mass is 9.84. The number of aryl methyl sites for hydroxylation is 1. The summed E-state index contributed by atoms with van der Waals surface area (Å²) in [5, 5.41) is 12.4. The van der Waals surface area contributed by atoms with E-state index >= 15 is 0 Å². The molecule has 0 radical (unpaired) electrons. The Balaban J connectivity index is 1.37. The molecule has 6 nitrogen and oxygen atoms in total. The third kappa shape index (κ3) is 4.20. The van der Waals surface area contributed by atoms with Crippen LogP contribution in [0.1, 0.15) is 24.0 Å². The molecule has 1 aliphatic heterocycles. The van der Waals surface area contributed by atoms with E-state index in [0.29, 0.717) is 42.3 Å². The second-order valence-corrected chi connectivity index (χ2v) is 8.05. The molecule has 1 aromatic heterocycles. The van der Waals surface area contributed by atoms with Crippen molar-refractivity contribution in [3.05, 3.63) is 75.1 Å². The standard InChI is InChI=1S/C23H22ClNO5/c1-15-12-22(27)30-20-13-18(6-7-19(15)20)29-14-21(26)25-10-8-23(28,9-11-25)16-2-4-17(24)5-3-16/h2-7,12-13,28H,8-11,14H2,1H3. The van der Waals surface area contributed by atoms with Gasteiger partial charge >= 0.3 is 5.63 Å². The van der Waals surface area contributed by atoms with Gasteiger partial charge in [0, 0.05) is 35.6 Å². The fraction of sp³-hybridized carbons (Fsp3) is 0.304. The van der Waals surface area contributed by atoms with E-state index in [9.17, 15) is 14.7 Å². The first-order chi connectivity index (χ1) is 14.3. The summed E-state index contributed by atoms with van der Waals surface area (Å²) in [6, 6.07) is 13.8. The molecule has 1 amide bonds. The van der Waals surface area contributed by atoms with Crippen molar-refractivity contribution in [3.8, 4) is 5.75 Å².